The van der Waals surface area contributed by atoms with Gasteiger partial charge in [0.05, 0.1) is 19.3 Å². The molecule has 0 aliphatic carbocycles. The van der Waals surface area contributed by atoms with E-state index in [2.05, 4.69) is 5.32 Å². The summed E-state index contributed by atoms with van der Waals surface area (Å²) in [6.07, 6.45) is 0.123. The number of nitrogens with one attached hydrogen (secondary N) is 1. The maximum atomic E-state index is 13.0. The van der Waals surface area contributed by atoms with Crippen LogP contribution in [-0.4, -0.2) is 31.6 Å². The van der Waals surface area contributed by atoms with Crippen molar-refractivity contribution in [1.82, 2.24) is 5.32 Å². The predicted molar refractivity (Wildman–Crippen MR) is 62.7 cm³/mol. The van der Waals surface area contributed by atoms with Crippen LogP contribution in [-0.2, 0) is 16.0 Å². The molecular weight excluding hydrogens is 245 g/mol. The topological polar surface area (TPSA) is 38.3 Å². The molecule has 0 spiro atoms. The third-order valence-corrected chi connectivity index (χ3v) is 3.05. The van der Waals surface area contributed by atoms with Gasteiger partial charge in [-0.05, 0) is 23.8 Å². The van der Waals surface area contributed by atoms with E-state index >= 15 is 0 Å². The lowest BCUT2D eigenvalue weighted by Crippen LogP contribution is -2.47. The summed E-state index contributed by atoms with van der Waals surface area (Å²) in [6.45, 7) is 1.64. The summed E-state index contributed by atoms with van der Waals surface area (Å²) in [5, 5.41) is 3.48. The number of morpholine rings is 1. The highest BCUT2D eigenvalue weighted by Gasteiger charge is 2.21. The number of ether oxygens (including phenoxy) is 1. The van der Waals surface area contributed by atoms with E-state index in [1.54, 1.807) is 0 Å². The van der Waals surface area contributed by atoms with Crippen LogP contribution in [0.5, 0.6) is 0 Å². The molecule has 1 heterocycles. The summed E-state index contributed by atoms with van der Waals surface area (Å²) in [7, 11) is 0. The Morgan fingerprint density at radius 2 is 2.41 bits per heavy atom. The summed E-state index contributed by atoms with van der Waals surface area (Å²) < 4.78 is 18.2. The molecule has 1 aromatic carbocycles. The van der Waals surface area contributed by atoms with Crippen molar-refractivity contribution in [3.8, 4) is 0 Å². The van der Waals surface area contributed by atoms with Crippen molar-refractivity contribution in [2.75, 3.05) is 19.8 Å². The molecule has 5 heteroatoms. The molecule has 0 radical (unpaired) electrons. The van der Waals surface area contributed by atoms with Gasteiger partial charge in [-0.2, -0.15) is 0 Å². The summed E-state index contributed by atoms with van der Waals surface area (Å²) in [6, 6.07) is 3.72. The van der Waals surface area contributed by atoms with Crippen molar-refractivity contribution in [3.05, 3.63) is 34.6 Å². The van der Waals surface area contributed by atoms with Gasteiger partial charge in [-0.15, -0.1) is 0 Å². The number of Topliss-reactive ketones (excluding diaryl/α,β-unsaturated/α-hetero) is 1. The number of rotatable bonds is 3. The molecule has 1 aliphatic rings. The lowest BCUT2D eigenvalue weighted by Gasteiger charge is -2.22. The zero-order chi connectivity index (χ0) is 12.3. The third-order valence-electron chi connectivity index (χ3n) is 2.68. The van der Waals surface area contributed by atoms with E-state index in [4.69, 9.17) is 16.3 Å². The van der Waals surface area contributed by atoms with Crippen LogP contribution in [0.2, 0.25) is 5.02 Å². The van der Waals surface area contributed by atoms with Gasteiger partial charge in [0.2, 0.25) is 0 Å². The quantitative estimate of drug-likeness (QED) is 0.894. The van der Waals surface area contributed by atoms with Crippen molar-refractivity contribution >= 4 is 17.4 Å². The highest BCUT2D eigenvalue weighted by Crippen LogP contribution is 2.18. The fraction of sp³-hybridized carbons (Fsp3) is 0.417. The number of halogens is 2. The summed E-state index contributed by atoms with van der Waals surface area (Å²) >= 11 is 5.91. The molecule has 0 bridgehead atoms. The Morgan fingerprint density at radius 3 is 3.12 bits per heavy atom. The molecule has 1 saturated heterocycles. The second kappa shape index (κ2) is 5.58. The number of carbonyl (C=O) groups is 1. The SMILES string of the molecule is O=C(Cc1cc(F)ccc1Cl)C1COCCN1. The van der Waals surface area contributed by atoms with Crippen molar-refractivity contribution in [1.29, 1.82) is 0 Å². The Balaban J connectivity index is 2.04. The lowest BCUT2D eigenvalue weighted by atomic mass is 10.0. The van der Waals surface area contributed by atoms with E-state index in [1.165, 1.54) is 18.2 Å². The molecule has 0 aromatic heterocycles. The molecule has 3 nitrogen and oxygen atoms in total. The first-order valence-electron chi connectivity index (χ1n) is 5.44. The van der Waals surface area contributed by atoms with Crippen LogP contribution in [0, 0.1) is 5.82 Å². The molecule has 17 heavy (non-hydrogen) atoms. The maximum absolute atomic E-state index is 13.0. The smallest absolute Gasteiger partial charge is 0.156 e. The second-order valence-electron chi connectivity index (χ2n) is 3.96. The van der Waals surface area contributed by atoms with Crippen molar-refractivity contribution in [3.63, 3.8) is 0 Å². The van der Waals surface area contributed by atoms with E-state index in [9.17, 15) is 9.18 Å². The molecule has 2 rings (SSSR count). The normalized spacial score (nSPS) is 20.2. The fourth-order valence-electron chi connectivity index (χ4n) is 1.76. The molecule has 1 aromatic rings. The maximum Gasteiger partial charge on any atom is 0.156 e. The van der Waals surface area contributed by atoms with Crippen molar-refractivity contribution in [2.24, 2.45) is 0 Å². The Bertz CT molecular complexity index is 419. The second-order valence-corrected chi connectivity index (χ2v) is 4.37. The van der Waals surface area contributed by atoms with Crippen LogP contribution >= 0.6 is 11.6 Å². The van der Waals surface area contributed by atoms with Crippen LogP contribution < -0.4 is 5.32 Å². The van der Waals surface area contributed by atoms with Crippen molar-refractivity contribution in [2.45, 2.75) is 12.5 Å². The minimum Gasteiger partial charge on any atom is -0.378 e. The van der Waals surface area contributed by atoms with Crippen molar-refractivity contribution < 1.29 is 13.9 Å². The molecular formula is C12H13ClFNO2. The standard InChI is InChI=1S/C12H13ClFNO2/c13-10-2-1-9(14)5-8(10)6-12(16)11-7-17-4-3-15-11/h1-2,5,11,15H,3-4,6-7H2. The number of hydrogen-bond donors (Lipinski definition) is 1. The molecule has 92 valence electrons. The Morgan fingerprint density at radius 1 is 1.59 bits per heavy atom. The first-order valence-corrected chi connectivity index (χ1v) is 5.82. The average molecular weight is 258 g/mol. The predicted octanol–water partition coefficient (Wildman–Crippen LogP) is 1.58. The summed E-state index contributed by atoms with van der Waals surface area (Å²) in [5.74, 6) is -0.415. The fourth-order valence-corrected chi connectivity index (χ4v) is 1.95. The summed E-state index contributed by atoms with van der Waals surface area (Å²) in [4.78, 5) is 11.9. The van der Waals surface area contributed by atoms with Gasteiger partial charge in [0.1, 0.15) is 5.82 Å². The van der Waals surface area contributed by atoms with Gasteiger partial charge in [0.25, 0.3) is 0 Å². The zero-order valence-electron chi connectivity index (χ0n) is 9.21. The zero-order valence-corrected chi connectivity index (χ0v) is 9.97. The number of carbonyl (C=O) groups excluding carboxylic acids is 1. The molecule has 1 fully saturated rings. The van der Waals surface area contributed by atoms with Gasteiger partial charge < -0.3 is 10.1 Å². The van der Waals surface area contributed by atoms with Gasteiger partial charge >= 0.3 is 0 Å². The summed E-state index contributed by atoms with van der Waals surface area (Å²) in [5.41, 5.74) is 0.518. The van der Waals surface area contributed by atoms with E-state index in [-0.39, 0.29) is 24.1 Å². The monoisotopic (exact) mass is 257 g/mol. The largest absolute Gasteiger partial charge is 0.378 e. The van der Waals surface area contributed by atoms with Gasteiger partial charge in [0.15, 0.2) is 5.78 Å². The van der Waals surface area contributed by atoms with Gasteiger partial charge in [0, 0.05) is 18.0 Å². The van der Waals surface area contributed by atoms with Crippen LogP contribution in [0.1, 0.15) is 5.56 Å². The molecule has 1 aliphatic heterocycles. The minimum atomic E-state index is -0.384. The molecule has 0 saturated carbocycles. The molecule has 1 atom stereocenters. The number of benzene rings is 1. The van der Waals surface area contributed by atoms with E-state index in [0.29, 0.717) is 30.3 Å². The number of ketones is 1. The Kier molecular flexibility index (Phi) is 4.10. The minimum absolute atomic E-state index is 0.0304. The average Bonchev–Trinajstić information content (AvgIpc) is 2.35. The van der Waals surface area contributed by atoms with Crippen LogP contribution in [0.4, 0.5) is 4.39 Å². The third kappa shape index (κ3) is 3.25. The highest BCUT2D eigenvalue weighted by molar-refractivity contribution is 6.31. The Hall–Kier alpha value is -0.970. The Labute approximate surface area is 104 Å². The first kappa shape index (κ1) is 12.5. The number of hydrogen-bond acceptors (Lipinski definition) is 3. The van der Waals surface area contributed by atoms with E-state index < -0.39 is 0 Å². The van der Waals surface area contributed by atoms with Gasteiger partial charge in [-0.25, -0.2) is 4.39 Å². The van der Waals surface area contributed by atoms with Gasteiger partial charge in [-0.1, -0.05) is 11.6 Å². The van der Waals surface area contributed by atoms with E-state index in [0.717, 1.165) is 0 Å². The van der Waals surface area contributed by atoms with E-state index in [1.807, 2.05) is 0 Å². The van der Waals surface area contributed by atoms with Crippen LogP contribution in [0.25, 0.3) is 0 Å². The van der Waals surface area contributed by atoms with Gasteiger partial charge in [-0.3, -0.25) is 4.79 Å². The molecule has 1 N–H and O–H groups in total. The first-order chi connectivity index (χ1) is 8.16. The lowest BCUT2D eigenvalue weighted by molar-refractivity contribution is -0.123. The molecule has 1 unspecified atom stereocenters. The van der Waals surface area contributed by atoms with Crippen LogP contribution in [0.15, 0.2) is 18.2 Å². The highest BCUT2D eigenvalue weighted by atomic mass is 35.5. The van der Waals surface area contributed by atoms with Crippen LogP contribution in [0.3, 0.4) is 0 Å². The molecule has 0 amide bonds.